The Bertz CT molecular complexity index is 681. The number of aryl methyl sites for hydroxylation is 1. The quantitative estimate of drug-likeness (QED) is 0.767. The minimum atomic E-state index is 0.945. The third-order valence-electron chi connectivity index (χ3n) is 4.59. The van der Waals surface area contributed by atoms with Crippen LogP contribution < -0.4 is 4.74 Å². The van der Waals surface area contributed by atoms with Crippen LogP contribution in [-0.2, 0) is 13.1 Å². The fraction of sp³-hybridized carbons (Fsp3) is 0.400. The molecule has 2 aromatic rings. The number of piperazine rings is 1. The normalized spacial score (nSPS) is 16.3. The minimum Gasteiger partial charge on any atom is -0.496 e. The van der Waals surface area contributed by atoms with E-state index in [4.69, 9.17) is 4.74 Å². The molecular formula is C20H25BrN2O. The molecule has 128 valence electrons. The van der Waals surface area contributed by atoms with E-state index in [1.165, 1.54) is 16.7 Å². The van der Waals surface area contributed by atoms with Gasteiger partial charge in [0.15, 0.2) is 0 Å². The molecule has 0 N–H and O–H groups in total. The molecule has 3 rings (SSSR count). The lowest BCUT2D eigenvalue weighted by Gasteiger charge is -2.35. The van der Waals surface area contributed by atoms with Crippen LogP contribution >= 0.6 is 15.9 Å². The average molecular weight is 389 g/mol. The predicted octanol–water partition coefficient (Wildman–Crippen LogP) is 4.08. The molecule has 0 saturated carbocycles. The fourth-order valence-corrected chi connectivity index (χ4v) is 3.69. The van der Waals surface area contributed by atoms with E-state index in [0.717, 1.165) is 49.5 Å². The molecule has 0 atom stereocenters. The van der Waals surface area contributed by atoms with E-state index in [-0.39, 0.29) is 0 Å². The number of benzene rings is 2. The maximum atomic E-state index is 5.50. The molecule has 0 spiro atoms. The third-order valence-corrected chi connectivity index (χ3v) is 5.08. The van der Waals surface area contributed by atoms with Crippen LogP contribution in [0.1, 0.15) is 16.7 Å². The molecule has 1 aliphatic rings. The second-order valence-corrected chi connectivity index (χ2v) is 7.41. The summed E-state index contributed by atoms with van der Waals surface area (Å²) in [6.07, 6.45) is 0. The Morgan fingerprint density at radius 2 is 1.67 bits per heavy atom. The average Bonchev–Trinajstić information content (AvgIpc) is 2.57. The van der Waals surface area contributed by atoms with Crippen molar-refractivity contribution >= 4 is 15.9 Å². The molecule has 3 nitrogen and oxygen atoms in total. The maximum absolute atomic E-state index is 5.50. The second kappa shape index (κ2) is 8.15. The monoisotopic (exact) mass is 388 g/mol. The van der Waals surface area contributed by atoms with Crippen molar-refractivity contribution in [2.24, 2.45) is 0 Å². The van der Waals surface area contributed by atoms with Crippen molar-refractivity contribution in [1.29, 1.82) is 0 Å². The summed E-state index contributed by atoms with van der Waals surface area (Å²) >= 11 is 3.56. The first-order valence-electron chi connectivity index (χ1n) is 8.47. The van der Waals surface area contributed by atoms with Crippen molar-refractivity contribution < 1.29 is 4.74 Å². The Hall–Kier alpha value is -1.36. The van der Waals surface area contributed by atoms with Crippen LogP contribution in [0.25, 0.3) is 0 Å². The number of rotatable bonds is 5. The smallest absolute Gasteiger partial charge is 0.123 e. The first kappa shape index (κ1) is 17.5. The van der Waals surface area contributed by atoms with E-state index in [2.05, 4.69) is 63.0 Å². The van der Waals surface area contributed by atoms with Crippen LogP contribution in [0.5, 0.6) is 5.75 Å². The van der Waals surface area contributed by atoms with Crippen LogP contribution in [0.15, 0.2) is 46.9 Å². The summed E-state index contributed by atoms with van der Waals surface area (Å²) in [6, 6.07) is 15.1. The molecule has 1 fully saturated rings. The van der Waals surface area contributed by atoms with Gasteiger partial charge < -0.3 is 4.74 Å². The van der Waals surface area contributed by atoms with Gasteiger partial charge in [-0.1, -0.05) is 45.8 Å². The van der Waals surface area contributed by atoms with E-state index in [1.54, 1.807) is 7.11 Å². The highest BCUT2D eigenvalue weighted by Crippen LogP contribution is 2.24. The van der Waals surface area contributed by atoms with Crippen LogP contribution in [0.4, 0.5) is 0 Å². The lowest BCUT2D eigenvalue weighted by molar-refractivity contribution is 0.121. The molecule has 0 unspecified atom stereocenters. The zero-order valence-corrected chi connectivity index (χ0v) is 16.1. The molecule has 1 saturated heterocycles. The summed E-state index contributed by atoms with van der Waals surface area (Å²) in [5.41, 5.74) is 4.00. The van der Waals surface area contributed by atoms with Gasteiger partial charge in [-0.15, -0.1) is 0 Å². The number of methoxy groups -OCH3 is 1. The van der Waals surface area contributed by atoms with Crippen molar-refractivity contribution in [3.8, 4) is 5.75 Å². The van der Waals surface area contributed by atoms with Crippen LogP contribution in [-0.4, -0.2) is 43.1 Å². The van der Waals surface area contributed by atoms with E-state index in [1.807, 2.05) is 12.1 Å². The molecular weight excluding hydrogens is 364 g/mol. The van der Waals surface area contributed by atoms with Gasteiger partial charge in [0.2, 0.25) is 0 Å². The van der Waals surface area contributed by atoms with Gasteiger partial charge in [0.05, 0.1) is 7.11 Å². The van der Waals surface area contributed by atoms with Gasteiger partial charge in [-0.2, -0.15) is 0 Å². The number of halogens is 1. The lowest BCUT2D eigenvalue weighted by Crippen LogP contribution is -2.45. The van der Waals surface area contributed by atoms with E-state index < -0.39 is 0 Å². The third kappa shape index (κ3) is 4.59. The van der Waals surface area contributed by atoms with Crippen LogP contribution in [0, 0.1) is 6.92 Å². The number of hydrogen-bond acceptors (Lipinski definition) is 3. The predicted molar refractivity (Wildman–Crippen MR) is 102 cm³/mol. The van der Waals surface area contributed by atoms with Gasteiger partial charge in [0, 0.05) is 49.3 Å². The number of nitrogens with zero attached hydrogens (tertiary/aromatic N) is 2. The Labute approximate surface area is 153 Å². The lowest BCUT2D eigenvalue weighted by atomic mass is 10.1. The summed E-state index contributed by atoms with van der Waals surface area (Å²) < 4.78 is 6.60. The molecule has 0 amide bonds. The Morgan fingerprint density at radius 3 is 2.33 bits per heavy atom. The first-order valence-corrected chi connectivity index (χ1v) is 9.26. The largest absolute Gasteiger partial charge is 0.496 e. The van der Waals surface area contributed by atoms with Crippen molar-refractivity contribution in [1.82, 2.24) is 9.80 Å². The van der Waals surface area contributed by atoms with Crippen molar-refractivity contribution in [2.75, 3.05) is 33.3 Å². The number of hydrogen-bond donors (Lipinski definition) is 0. The highest BCUT2D eigenvalue weighted by atomic mass is 79.9. The molecule has 1 heterocycles. The van der Waals surface area contributed by atoms with Crippen molar-refractivity contribution in [3.63, 3.8) is 0 Å². The first-order chi connectivity index (χ1) is 11.6. The van der Waals surface area contributed by atoms with E-state index in [9.17, 15) is 0 Å². The highest BCUT2D eigenvalue weighted by molar-refractivity contribution is 9.10. The molecule has 2 aromatic carbocycles. The number of ether oxygens (including phenoxy) is 1. The second-order valence-electron chi connectivity index (χ2n) is 6.50. The summed E-state index contributed by atoms with van der Waals surface area (Å²) in [5, 5.41) is 0. The molecule has 0 bridgehead atoms. The Morgan fingerprint density at radius 1 is 0.958 bits per heavy atom. The molecule has 24 heavy (non-hydrogen) atoms. The van der Waals surface area contributed by atoms with Gasteiger partial charge in [0.25, 0.3) is 0 Å². The minimum absolute atomic E-state index is 0.945. The Balaban J connectivity index is 1.55. The SMILES string of the molecule is COc1ccc(Br)cc1CN1CCN(Cc2cccc(C)c2)CC1. The summed E-state index contributed by atoms with van der Waals surface area (Å²) in [6.45, 7) is 8.58. The summed E-state index contributed by atoms with van der Waals surface area (Å²) in [5.74, 6) is 0.973. The van der Waals surface area contributed by atoms with Gasteiger partial charge >= 0.3 is 0 Å². The van der Waals surface area contributed by atoms with Gasteiger partial charge in [-0.25, -0.2) is 0 Å². The van der Waals surface area contributed by atoms with E-state index in [0.29, 0.717) is 0 Å². The van der Waals surface area contributed by atoms with Crippen molar-refractivity contribution in [3.05, 3.63) is 63.6 Å². The highest BCUT2D eigenvalue weighted by Gasteiger charge is 2.18. The molecule has 0 aromatic heterocycles. The Kier molecular flexibility index (Phi) is 5.93. The zero-order chi connectivity index (χ0) is 16.9. The summed E-state index contributed by atoms with van der Waals surface area (Å²) in [4.78, 5) is 5.06. The van der Waals surface area contributed by atoms with Gasteiger partial charge in [-0.3, -0.25) is 9.80 Å². The molecule has 0 radical (unpaired) electrons. The molecule has 4 heteroatoms. The van der Waals surface area contributed by atoms with Crippen LogP contribution in [0.2, 0.25) is 0 Å². The zero-order valence-electron chi connectivity index (χ0n) is 14.5. The standard InChI is InChI=1S/C20H25BrN2O/c1-16-4-3-5-17(12-16)14-22-8-10-23(11-9-22)15-18-13-19(21)6-7-20(18)24-2/h3-7,12-13H,8-11,14-15H2,1-2H3. The van der Waals surface area contributed by atoms with Crippen molar-refractivity contribution in [2.45, 2.75) is 20.0 Å². The van der Waals surface area contributed by atoms with Gasteiger partial charge in [-0.05, 0) is 30.7 Å². The van der Waals surface area contributed by atoms with E-state index >= 15 is 0 Å². The molecule has 0 aliphatic carbocycles. The molecule has 1 aliphatic heterocycles. The van der Waals surface area contributed by atoms with Gasteiger partial charge in [0.1, 0.15) is 5.75 Å². The maximum Gasteiger partial charge on any atom is 0.123 e. The topological polar surface area (TPSA) is 15.7 Å². The fourth-order valence-electron chi connectivity index (χ4n) is 3.29. The summed E-state index contributed by atoms with van der Waals surface area (Å²) in [7, 11) is 1.74. The van der Waals surface area contributed by atoms with Crippen LogP contribution in [0.3, 0.4) is 0 Å².